The highest BCUT2D eigenvalue weighted by atomic mass is 32.1. The van der Waals surface area contributed by atoms with Crippen LogP contribution in [0.3, 0.4) is 0 Å². The molecule has 3 rings (SSSR count). The maximum Gasteiger partial charge on any atom is 0.260 e. The molecule has 1 N–H and O–H groups in total. The maximum absolute atomic E-state index is 12.3. The topological polar surface area (TPSA) is 51.2 Å². The van der Waals surface area contributed by atoms with Gasteiger partial charge in [0.05, 0.1) is 5.69 Å². The molecule has 1 aromatic heterocycles. The average molecular weight is 381 g/mol. The Labute approximate surface area is 164 Å². The second-order valence-electron chi connectivity index (χ2n) is 6.51. The summed E-state index contributed by atoms with van der Waals surface area (Å²) in [5.74, 6) is 0.638. The summed E-state index contributed by atoms with van der Waals surface area (Å²) in [6.45, 7) is 6.34. The van der Waals surface area contributed by atoms with Gasteiger partial charge in [-0.05, 0) is 38.0 Å². The van der Waals surface area contributed by atoms with Crippen LogP contribution in [0.4, 0.5) is 0 Å². The van der Waals surface area contributed by atoms with Crippen molar-refractivity contribution < 1.29 is 9.53 Å². The van der Waals surface area contributed by atoms with Crippen molar-refractivity contribution in [3.63, 3.8) is 0 Å². The van der Waals surface area contributed by atoms with Gasteiger partial charge in [0.25, 0.3) is 5.91 Å². The van der Waals surface area contributed by atoms with E-state index in [2.05, 4.69) is 22.4 Å². The molecule has 2 aromatic carbocycles. The average Bonchev–Trinajstić information content (AvgIpc) is 3.15. The van der Waals surface area contributed by atoms with Gasteiger partial charge in [0, 0.05) is 23.9 Å². The number of aromatic nitrogens is 1. The SMILES string of the molecule is Cc1cccc(OC(C)C(=O)NCCc2csc(-c3ccccc3)n2)c1C. The lowest BCUT2D eigenvalue weighted by molar-refractivity contribution is -0.127. The Balaban J connectivity index is 1.49. The first-order chi connectivity index (χ1) is 13.0. The van der Waals surface area contributed by atoms with Crippen molar-refractivity contribution in [2.24, 2.45) is 0 Å². The Morgan fingerprint density at radius 2 is 1.93 bits per heavy atom. The molecule has 4 nitrogen and oxygen atoms in total. The highest BCUT2D eigenvalue weighted by Gasteiger charge is 2.15. The van der Waals surface area contributed by atoms with Gasteiger partial charge >= 0.3 is 0 Å². The van der Waals surface area contributed by atoms with Crippen LogP contribution in [-0.4, -0.2) is 23.5 Å². The number of nitrogens with one attached hydrogen (secondary N) is 1. The number of hydrogen-bond donors (Lipinski definition) is 1. The zero-order chi connectivity index (χ0) is 19.2. The standard InChI is InChI=1S/C22H24N2O2S/c1-15-8-7-11-20(16(15)2)26-17(3)21(25)23-13-12-19-14-27-22(24-19)18-9-5-4-6-10-18/h4-11,14,17H,12-13H2,1-3H3,(H,23,25). The smallest absolute Gasteiger partial charge is 0.260 e. The summed E-state index contributed by atoms with van der Waals surface area (Å²) in [4.78, 5) is 17.0. The Hall–Kier alpha value is -2.66. The number of rotatable bonds is 7. The Morgan fingerprint density at radius 3 is 2.70 bits per heavy atom. The number of thiazole rings is 1. The highest BCUT2D eigenvalue weighted by Crippen LogP contribution is 2.23. The quantitative estimate of drug-likeness (QED) is 0.654. The molecule has 0 saturated heterocycles. The third-order valence-electron chi connectivity index (χ3n) is 4.48. The van der Waals surface area contributed by atoms with Gasteiger partial charge < -0.3 is 10.1 Å². The van der Waals surface area contributed by atoms with Crippen molar-refractivity contribution in [2.45, 2.75) is 33.3 Å². The van der Waals surface area contributed by atoms with Gasteiger partial charge in [-0.15, -0.1) is 11.3 Å². The molecule has 1 amide bonds. The maximum atomic E-state index is 12.3. The summed E-state index contributed by atoms with van der Waals surface area (Å²) < 4.78 is 5.83. The highest BCUT2D eigenvalue weighted by molar-refractivity contribution is 7.13. The van der Waals surface area contributed by atoms with E-state index in [9.17, 15) is 4.79 Å². The minimum absolute atomic E-state index is 0.116. The van der Waals surface area contributed by atoms with Crippen molar-refractivity contribution in [1.82, 2.24) is 10.3 Å². The molecule has 1 unspecified atom stereocenters. The lowest BCUT2D eigenvalue weighted by atomic mass is 10.1. The number of carbonyl (C=O) groups is 1. The Morgan fingerprint density at radius 1 is 1.15 bits per heavy atom. The second kappa shape index (κ2) is 8.82. The van der Waals surface area contributed by atoms with Crippen LogP contribution in [0.25, 0.3) is 10.6 Å². The molecule has 1 heterocycles. The fourth-order valence-corrected chi connectivity index (χ4v) is 3.55. The van der Waals surface area contributed by atoms with Gasteiger partial charge in [-0.25, -0.2) is 4.98 Å². The van der Waals surface area contributed by atoms with Crippen molar-refractivity contribution in [2.75, 3.05) is 6.54 Å². The minimum atomic E-state index is -0.541. The first-order valence-corrected chi connectivity index (χ1v) is 9.93. The number of benzene rings is 2. The van der Waals surface area contributed by atoms with Crippen molar-refractivity contribution in [3.05, 3.63) is 70.7 Å². The van der Waals surface area contributed by atoms with E-state index >= 15 is 0 Å². The number of hydrogen-bond acceptors (Lipinski definition) is 4. The summed E-state index contributed by atoms with van der Waals surface area (Å²) in [5, 5.41) is 5.98. The molecule has 0 bridgehead atoms. The lowest BCUT2D eigenvalue weighted by Crippen LogP contribution is -2.37. The molecule has 5 heteroatoms. The molecule has 0 radical (unpaired) electrons. The number of nitrogens with zero attached hydrogens (tertiary/aromatic N) is 1. The summed E-state index contributed by atoms with van der Waals surface area (Å²) in [6, 6.07) is 16.0. The predicted molar refractivity (Wildman–Crippen MR) is 110 cm³/mol. The van der Waals surface area contributed by atoms with Crippen LogP contribution in [0.15, 0.2) is 53.9 Å². The first-order valence-electron chi connectivity index (χ1n) is 9.05. The van der Waals surface area contributed by atoms with E-state index in [0.717, 1.165) is 33.1 Å². The summed E-state index contributed by atoms with van der Waals surface area (Å²) in [5.41, 5.74) is 4.32. The Kier molecular flexibility index (Phi) is 6.24. The molecule has 0 fully saturated rings. The van der Waals surface area contributed by atoms with Crippen LogP contribution >= 0.6 is 11.3 Å². The molecule has 27 heavy (non-hydrogen) atoms. The van der Waals surface area contributed by atoms with E-state index in [0.29, 0.717) is 13.0 Å². The van der Waals surface area contributed by atoms with E-state index in [-0.39, 0.29) is 5.91 Å². The van der Waals surface area contributed by atoms with Crippen LogP contribution in [0.2, 0.25) is 0 Å². The van der Waals surface area contributed by atoms with E-state index in [1.165, 1.54) is 0 Å². The molecule has 0 spiro atoms. The monoisotopic (exact) mass is 380 g/mol. The van der Waals surface area contributed by atoms with E-state index in [1.54, 1.807) is 18.3 Å². The zero-order valence-corrected chi connectivity index (χ0v) is 16.7. The second-order valence-corrected chi connectivity index (χ2v) is 7.37. The zero-order valence-electron chi connectivity index (χ0n) is 15.9. The molecule has 0 aliphatic carbocycles. The molecule has 0 aliphatic heterocycles. The fraction of sp³-hybridized carbons (Fsp3) is 0.273. The van der Waals surface area contributed by atoms with Gasteiger partial charge in [-0.2, -0.15) is 0 Å². The van der Waals surface area contributed by atoms with Crippen molar-refractivity contribution in [1.29, 1.82) is 0 Å². The first kappa shape index (κ1) is 19.1. The number of carbonyl (C=O) groups excluding carboxylic acids is 1. The molecular weight excluding hydrogens is 356 g/mol. The number of aryl methyl sites for hydroxylation is 1. The molecule has 0 saturated carbocycles. The van der Waals surface area contributed by atoms with E-state index in [1.807, 2.05) is 55.6 Å². The molecule has 140 valence electrons. The van der Waals surface area contributed by atoms with Gasteiger partial charge in [0.15, 0.2) is 6.10 Å². The summed E-state index contributed by atoms with van der Waals surface area (Å²) >= 11 is 1.62. The van der Waals surface area contributed by atoms with Gasteiger partial charge in [0.2, 0.25) is 0 Å². The van der Waals surface area contributed by atoms with Crippen molar-refractivity contribution >= 4 is 17.2 Å². The number of amides is 1. The fourth-order valence-electron chi connectivity index (χ4n) is 2.69. The van der Waals surface area contributed by atoms with Gasteiger partial charge in [-0.3, -0.25) is 4.79 Å². The van der Waals surface area contributed by atoms with Crippen LogP contribution < -0.4 is 10.1 Å². The normalized spacial score (nSPS) is 11.8. The van der Waals surface area contributed by atoms with Crippen LogP contribution in [0.5, 0.6) is 5.75 Å². The molecule has 0 aliphatic rings. The largest absolute Gasteiger partial charge is 0.481 e. The van der Waals surface area contributed by atoms with E-state index in [4.69, 9.17) is 4.74 Å². The molecular formula is C22H24N2O2S. The Bertz CT molecular complexity index is 906. The lowest BCUT2D eigenvalue weighted by Gasteiger charge is -2.17. The van der Waals surface area contributed by atoms with Crippen molar-refractivity contribution in [3.8, 4) is 16.3 Å². The minimum Gasteiger partial charge on any atom is -0.481 e. The third kappa shape index (κ3) is 4.95. The van der Waals surface area contributed by atoms with Crippen LogP contribution in [0.1, 0.15) is 23.7 Å². The van der Waals surface area contributed by atoms with Gasteiger partial charge in [0.1, 0.15) is 10.8 Å². The molecule has 1 atom stereocenters. The number of ether oxygens (including phenoxy) is 1. The van der Waals surface area contributed by atoms with Gasteiger partial charge in [-0.1, -0.05) is 42.5 Å². The predicted octanol–water partition coefficient (Wildman–Crippen LogP) is 4.55. The summed E-state index contributed by atoms with van der Waals surface area (Å²) in [7, 11) is 0. The third-order valence-corrected chi connectivity index (χ3v) is 5.42. The molecule has 3 aromatic rings. The van der Waals surface area contributed by atoms with Crippen LogP contribution in [0, 0.1) is 13.8 Å². The summed E-state index contributed by atoms with van der Waals surface area (Å²) in [6.07, 6.45) is 0.159. The van der Waals surface area contributed by atoms with Crippen LogP contribution in [-0.2, 0) is 11.2 Å². The van der Waals surface area contributed by atoms with E-state index < -0.39 is 6.10 Å².